The Balaban J connectivity index is 1.54. The first kappa shape index (κ1) is 18.4. The average molecular weight is 366 g/mol. The van der Waals surface area contributed by atoms with Crippen molar-refractivity contribution >= 4 is 5.91 Å². The molecule has 0 saturated carbocycles. The number of pyridine rings is 1. The van der Waals surface area contributed by atoms with Gasteiger partial charge in [-0.05, 0) is 48.4 Å². The fraction of sp³-hybridized carbons (Fsp3) is 0.200. The quantitative estimate of drug-likeness (QED) is 0.697. The summed E-state index contributed by atoms with van der Waals surface area (Å²) in [6.45, 7) is 0.749. The maximum atomic E-state index is 13.0. The molecule has 0 fully saturated rings. The Hall–Kier alpha value is -3.35. The minimum Gasteiger partial charge on any atom is -0.352 e. The summed E-state index contributed by atoms with van der Waals surface area (Å²) in [7, 11) is 0. The van der Waals surface area contributed by atoms with E-state index in [1.54, 1.807) is 30.6 Å². The van der Waals surface area contributed by atoms with Crippen molar-refractivity contribution in [2.45, 2.75) is 25.9 Å². The largest absolute Gasteiger partial charge is 0.352 e. The van der Waals surface area contributed by atoms with Crippen LogP contribution >= 0.6 is 0 Å². The first-order valence-electron chi connectivity index (χ1n) is 8.61. The maximum Gasteiger partial charge on any atom is 0.266 e. The van der Waals surface area contributed by atoms with Gasteiger partial charge in [-0.25, -0.2) is 9.07 Å². The SMILES string of the molecule is O=C(CCCn1nc(-c2ccc(F)cc2)ccc1=O)NCc1cccnc1. The van der Waals surface area contributed by atoms with E-state index < -0.39 is 0 Å². The number of hydrogen-bond acceptors (Lipinski definition) is 4. The minimum atomic E-state index is -0.329. The zero-order valence-electron chi connectivity index (χ0n) is 14.6. The van der Waals surface area contributed by atoms with Crippen molar-refractivity contribution in [3.05, 3.63) is 82.7 Å². The van der Waals surface area contributed by atoms with Crippen LogP contribution in [-0.2, 0) is 17.9 Å². The molecule has 7 heteroatoms. The predicted octanol–water partition coefficient (Wildman–Crippen LogP) is 2.54. The van der Waals surface area contributed by atoms with Gasteiger partial charge in [-0.2, -0.15) is 5.10 Å². The van der Waals surface area contributed by atoms with Gasteiger partial charge in [0.1, 0.15) is 5.82 Å². The molecule has 0 atom stereocenters. The molecule has 0 radical (unpaired) electrons. The van der Waals surface area contributed by atoms with Crippen LogP contribution in [-0.4, -0.2) is 20.7 Å². The van der Waals surface area contributed by atoms with E-state index in [0.29, 0.717) is 25.2 Å². The summed E-state index contributed by atoms with van der Waals surface area (Å²) in [5, 5.41) is 7.12. The smallest absolute Gasteiger partial charge is 0.266 e. The minimum absolute atomic E-state index is 0.0957. The van der Waals surface area contributed by atoms with E-state index in [1.165, 1.54) is 22.9 Å². The van der Waals surface area contributed by atoms with Gasteiger partial charge in [0.15, 0.2) is 0 Å². The fourth-order valence-electron chi connectivity index (χ4n) is 2.56. The van der Waals surface area contributed by atoms with E-state index in [4.69, 9.17) is 0 Å². The van der Waals surface area contributed by atoms with Crippen LogP contribution in [0.1, 0.15) is 18.4 Å². The number of aryl methyl sites for hydroxylation is 1. The number of carbonyl (C=O) groups excluding carboxylic acids is 1. The summed E-state index contributed by atoms with van der Waals surface area (Å²) in [5.41, 5.74) is 1.99. The van der Waals surface area contributed by atoms with Gasteiger partial charge in [-0.1, -0.05) is 6.07 Å². The Bertz CT molecular complexity index is 956. The highest BCUT2D eigenvalue weighted by Gasteiger charge is 2.06. The van der Waals surface area contributed by atoms with Crippen LogP contribution < -0.4 is 10.9 Å². The Morgan fingerprint density at radius 1 is 1.11 bits per heavy atom. The van der Waals surface area contributed by atoms with Crippen molar-refractivity contribution < 1.29 is 9.18 Å². The van der Waals surface area contributed by atoms with Gasteiger partial charge in [0, 0.05) is 43.5 Å². The van der Waals surface area contributed by atoms with Gasteiger partial charge in [-0.3, -0.25) is 14.6 Å². The highest BCUT2D eigenvalue weighted by molar-refractivity contribution is 5.75. The predicted molar refractivity (Wildman–Crippen MR) is 99.2 cm³/mol. The van der Waals surface area contributed by atoms with Gasteiger partial charge < -0.3 is 5.32 Å². The van der Waals surface area contributed by atoms with Gasteiger partial charge >= 0.3 is 0 Å². The van der Waals surface area contributed by atoms with Crippen molar-refractivity contribution in [3.63, 3.8) is 0 Å². The summed E-state index contributed by atoms with van der Waals surface area (Å²) in [6.07, 6.45) is 4.15. The average Bonchev–Trinajstić information content (AvgIpc) is 2.69. The molecule has 27 heavy (non-hydrogen) atoms. The Kier molecular flexibility index (Phi) is 6.04. The van der Waals surface area contributed by atoms with E-state index >= 15 is 0 Å². The van der Waals surface area contributed by atoms with E-state index in [2.05, 4.69) is 15.4 Å². The highest BCUT2D eigenvalue weighted by atomic mass is 19.1. The molecule has 0 aliphatic heterocycles. The molecule has 1 aromatic carbocycles. The van der Waals surface area contributed by atoms with Crippen molar-refractivity contribution in [1.29, 1.82) is 0 Å². The molecule has 0 unspecified atom stereocenters. The molecular weight excluding hydrogens is 347 g/mol. The normalized spacial score (nSPS) is 10.6. The number of halogens is 1. The Morgan fingerprint density at radius 2 is 1.93 bits per heavy atom. The van der Waals surface area contributed by atoms with Gasteiger partial charge in [0.25, 0.3) is 5.56 Å². The molecule has 3 aromatic rings. The van der Waals surface area contributed by atoms with E-state index in [9.17, 15) is 14.0 Å². The van der Waals surface area contributed by atoms with E-state index in [1.807, 2.05) is 12.1 Å². The van der Waals surface area contributed by atoms with Crippen LogP contribution in [0.4, 0.5) is 4.39 Å². The van der Waals surface area contributed by atoms with E-state index in [-0.39, 0.29) is 23.7 Å². The van der Waals surface area contributed by atoms with Gasteiger partial charge in [0.2, 0.25) is 5.91 Å². The second kappa shape index (κ2) is 8.84. The second-order valence-corrected chi connectivity index (χ2v) is 6.03. The number of nitrogens with zero attached hydrogens (tertiary/aromatic N) is 3. The molecule has 0 spiro atoms. The standard InChI is InChI=1S/C20H19FN4O2/c21-17-7-5-16(6-8-17)18-9-10-20(27)25(24-18)12-2-4-19(26)23-14-15-3-1-11-22-13-15/h1,3,5-11,13H,2,4,12,14H2,(H,23,26). The molecular formula is C20H19FN4O2. The topological polar surface area (TPSA) is 76.9 Å². The lowest BCUT2D eigenvalue weighted by Gasteiger charge is -2.08. The number of hydrogen-bond donors (Lipinski definition) is 1. The van der Waals surface area contributed by atoms with Crippen LogP contribution in [0.5, 0.6) is 0 Å². The number of amides is 1. The molecule has 0 aliphatic rings. The fourth-order valence-corrected chi connectivity index (χ4v) is 2.56. The van der Waals surface area contributed by atoms with Crippen LogP contribution in [0.3, 0.4) is 0 Å². The third kappa shape index (κ3) is 5.31. The Morgan fingerprint density at radius 3 is 2.67 bits per heavy atom. The van der Waals surface area contributed by atoms with Crippen LogP contribution in [0.15, 0.2) is 65.7 Å². The summed E-state index contributed by atoms with van der Waals surface area (Å²) in [5.74, 6) is -0.425. The lowest BCUT2D eigenvalue weighted by molar-refractivity contribution is -0.121. The zero-order chi connectivity index (χ0) is 19.1. The molecule has 0 bridgehead atoms. The molecule has 0 saturated heterocycles. The summed E-state index contributed by atoms with van der Waals surface area (Å²) in [4.78, 5) is 27.9. The third-order valence-electron chi connectivity index (χ3n) is 3.99. The molecule has 0 aliphatic carbocycles. The number of aromatic nitrogens is 3. The van der Waals surface area contributed by atoms with Crippen LogP contribution in [0.2, 0.25) is 0 Å². The van der Waals surface area contributed by atoms with Crippen LogP contribution in [0, 0.1) is 5.82 Å². The third-order valence-corrected chi connectivity index (χ3v) is 3.99. The summed E-state index contributed by atoms with van der Waals surface area (Å²) in [6, 6.07) is 12.6. The number of rotatable bonds is 7. The summed E-state index contributed by atoms with van der Waals surface area (Å²) >= 11 is 0. The molecule has 1 amide bonds. The molecule has 138 valence electrons. The molecule has 6 nitrogen and oxygen atoms in total. The van der Waals surface area contributed by atoms with Gasteiger partial charge in [-0.15, -0.1) is 0 Å². The zero-order valence-corrected chi connectivity index (χ0v) is 14.6. The second-order valence-electron chi connectivity index (χ2n) is 6.03. The number of carbonyl (C=O) groups is 1. The number of nitrogens with one attached hydrogen (secondary N) is 1. The Labute approximate surface area is 155 Å². The molecule has 3 rings (SSSR count). The maximum absolute atomic E-state index is 13.0. The van der Waals surface area contributed by atoms with Crippen molar-refractivity contribution in [3.8, 4) is 11.3 Å². The monoisotopic (exact) mass is 366 g/mol. The first-order chi connectivity index (χ1) is 13.1. The van der Waals surface area contributed by atoms with Crippen molar-refractivity contribution in [2.24, 2.45) is 0 Å². The molecule has 2 aromatic heterocycles. The number of benzene rings is 1. The van der Waals surface area contributed by atoms with E-state index in [0.717, 1.165) is 11.1 Å². The van der Waals surface area contributed by atoms with Gasteiger partial charge in [0.05, 0.1) is 5.69 Å². The lowest BCUT2D eigenvalue weighted by Crippen LogP contribution is -2.25. The molecule has 2 heterocycles. The van der Waals surface area contributed by atoms with Crippen LogP contribution in [0.25, 0.3) is 11.3 Å². The summed E-state index contributed by atoms with van der Waals surface area (Å²) < 4.78 is 14.4. The van der Waals surface area contributed by atoms with Crippen molar-refractivity contribution in [1.82, 2.24) is 20.1 Å². The molecule has 1 N–H and O–H groups in total. The highest BCUT2D eigenvalue weighted by Crippen LogP contribution is 2.15. The first-order valence-corrected chi connectivity index (χ1v) is 8.61. The lowest BCUT2D eigenvalue weighted by atomic mass is 10.1. The van der Waals surface area contributed by atoms with Crippen molar-refractivity contribution in [2.75, 3.05) is 0 Å².